The summed E-state index contributed by atoms with van der Waals surface area (Å²) in [6.07, 6.45) is 0.423. The highest BCUT2D eigenvalue weighted by molar-refractivity contribution is 6.07. The van der Waals surface area contributed by atoms with Crippen molar-refractivity contribution in [2.24, 2.45) is 0 Å². The normalized spacial score (nSPS) is 12.9. The average Bonchev–Trinajstić information content (AvgIpc) is 2.76. The van der Waals surface area contributed by atoms with Crippen molar-refractivity contribution in [2.45, 2.75) is 52.9 Å². The van der Waals surface area contributed by atoms with Crippen molar-refractivity contribution in [3.8, 4) is 16.9 Å². The summed E-state index contributed by atoms with van der Waals surface area (Å²) in [6, 6.07) is 10.5. The smallest absolute Gasteiger partial charge is 0.337 e. The number of carboxylic acid groups (broad SMARTS) is 1. The van der Waals surface area contributed by atoms with E-state index in [1.807, 2.05) is 52.8 Å². The summed E-state index contributed by atoms with van der Waals surface area (Å²) in [7, 11) is 0. The lowest BCUT2D eigenvalue weighted by molar-refractivity contribution is -0.160. The number of aromatic nitrogens is 2. The van der Waals surface area contributed by atoms with Crippen molar-refractivity contribution in [1.29, 1.82) is 0 Å². The summed E-state index contributed by atoms with van der Waals surface area (Å²) in [6.45, 7) is 8.95. The lowest BCUT2D eigenvalue weighted by Crippen LogP contribution is -2.28. The second-order valence-corrected chi connectivity index (χ2v) is 9.44. The predicted molar refractivity (Wildman–Crippen MR) is 131 cm³/mol. The van der Waals surface area contributed by atoms with E-state index in [0.29, 0.717) is 49.8 Å². The summed E-state index contributed by atoms with van der Waals surface area (Å²) >= 11 is 0. The van der Waals surface area contributed by atoms with Crippen LogP contribution in [0.3, 0.4) is 0 Å². The number of aromatic hydroxyl groups is 1. The molecule has 0 bridgehead atoms. The second-order valence-electron chi connectivity index (χ2n) is 9.44. The van der Waals surface area contributed by atoms with Gasteiger partial charge in [0.25, 0.3) is 0 Å². The van der Waals surface area contributed by atoms with E-state index in [2.05, 4.69) is 9.97 Å². The van der Waals surface area contributed by atoms with Gasteiger partial charge in [0.1, 0.15) is 5.75 Å². The molecule has 4 aromatic rings. The average molecular weight is 461 g/mol. The number of carbonyl (C=O) groups is 1. The molecule has 0 aliphatic heterocycles. The van der Waals surface area contributed by atoms with Gasteiger partial charge in [-0.15, -0.1) is 0 Å². The topological polar surface area (TPSA) is 113 Å². The molecule has 2 aromatic carbocycles. The molecule has 34 heavy (non-hydrogen) atoms. The number of rotatable bonds is 5. The molecule has 7 nitrogen and oxygen atoms in total. The van der Waals surface area contributed by atoms with Crippen LogP contribution in [0.15, 0.2) is 42.6 Å². The van der Waals surface area contributed by atoms with E-state index < -0.39 is 17.7 Å². The number of fused-ring (bicyclic) bond motifs is 2. The Morgan fingerprint density at radius 1 is 1.09 bits per heavy atom. The summed E-state index contributed by atoms with van der Waals surface area (Å²) in [5.74, 6) is -1.00. The molecule has 7 heteroatoms. The molecule has 2 aromatic heterocycles. The monoisotopic (exact) mass is 460 g/mol. The van der Waals surface area contributed by atoms with Crippen LogP contribution < -0.4 is 0 Å². The Balaban J connectivity index is 2.18. The molecule has 1 atom stereocenters. The number of hydrogen-bond acceptors (Lipinski definition) is 6. The molecule has 3 N–H and O–H groups in total. The van der Waals surface area contributed by atoms with Crippen molar-refractivity contribution in [3.05, 3.63) is 65.0 Å². The van der Waals surface area contributed by atoms with Gasteiger partial charge in [-0.1, -0.05) is 6.07 Å². The minimum Gasteiger partial charge on any atom is -0.507 e. The minimum atomic E-state index is -1.24. The van der Waals surface area contributed by atoms with Crippen LogP contribution in [0.2, 0.25) is 0 Å². The Hall–Kier alpha value is -3.55. The highest BCUT2D eigenvalue weighted by Crippen LogP contribution is 2.43. The summed E-state index contributed by atoms with van der Waals surface area (Å²) in [4.78, 5) is 21.6. The first-order valence-electron chi connectivity index (χ1n) is 11.0. The van der Waals surface area contributed by atoms with Crippen LogP contribution in [0.25, 0.3) is 32.9 Å². The van der Waals surface area contributed by atoms with Crippen LogP contribution in [-0.4, -0.2) is 36.9 Å². The fourth-order valence-corrected chi connectivity index (χ4v) is 4.38. The third-order valence-corrected chi connectivity index (χ3v) is 5.77. The number of pyridine rings is 2. The lowest BCUT2D eigenvalue weighted by Gasteiger charge is -2.28. The third-order valence-electron chi connectivity index (χ3n) is 5.77. The van der Waals surface area contributed by atoms with Gasteiger partial charge in [0.15, 0.2) is 6.10 Å². The van der Waals surface area contributed by atoms with Crippen LogP contribution in [-0.2, 0) is 16.1 Å². The fraction of sp³-hybridized carbons (Fsp3) is 0.296. The van der Waals surface area contributed by atoms with Gasteiger partial charge < -0.3 is 20.1 Å². The quantitative estimate of drug-likeness (QED) is 0.375. The summed E-state index contributed by atoms with van der Waals surface area (Å²) in [5.41, 5.74) is 4.32. The zero-order chi connectivity index (χ0) is 24.8. The van der Waals surface area contributed by atoms with Gasteiger partial charge in [-0.05, 0) is 81.6 Å². The van der Waals surface area contributed by atoms with Crippen LogP contribution in [0, 0.1) is 13.8 Å². The van der Waals surface area contributed by atoms with Gasteiger partial charge in [-0.25, -0.2) is 4.79 Å². The Morgan fingerprint density at radius 3 is 2.47 bits per heavy atom. The number of phenolic OH excluding ortho intramolecular Hbond substituents is 1. The number of hydrogen-bond donors (Lipinski definition) is 3. The molecule has 0 radical (unpaired) electrons. The summed E-state index contributed by atoms with van der Waals surface area (Å²) in [5, 5.41) is 31.7. The molecule has 0 saturated heterocycles. The maximum atomic E-state index is 12.5. The standard InChI is InChI=1S/C27H28N2O5/c1-14-10-11-28-24-18(8-9-20(31)21(14)24)23-17-7-6-16(13-30)29-19(17)12-15(2)22(23)25(26(32)33)34-27(3,4)5/h6-12,25,30-31H,13H2,1-5H3,(H,32,33)/t25-/m0/s1. The van der Waals surface area contributed by atoms with E-state index in [-0.39, 0.29) is 12.4 Å². The number of carboxylic acids is 1. The van der Waals surface area contributed by atoms with Crippen LogP contribution in [0.4, 0.5) is 0 Å². The number of aliphatic hydroxyl groups is 1. The number of aliphatic carboxylic acids is 1. The number of nitrogens with zero attached hydrogens (tertiary/aromatic N) is 2. The van der Waals surface area contributed by atoms with Crippen molar-refractivity contribution < 1.29 is 24.9 Å². The Kier molecular flexibility index (Phi) is 6.02. The maximum Gasteiger partial charge on any atom is 0.337 e. The molecule has 0 saturated carbocycles. The first kappa shape index (κ1) is 23.6. The molecule has 0 fully saturated rings. The Labute approximate surface area is 197 Å². The molecule has 0 spiro atoms. The molecule has 0 aliphatic carbocycles. The van der Waals surface area contributed by atoms with E-state index in [1.54, 1.807) is 24.4 Å². The zero-order valence-electron chi connectivity index (χ0n) is 19.9. The molecule has 0 unspecified atom stereocenters. The Morgan fingerprint density at radius 2 is 1.82 bits per heavy atom. The van der Waals surface area contributed by atoms with E-state index in [0.717, 1.165) is 5.56 Å². The van der Waals surface area contributed by atoms with Crippen LogP contribution in [0.5, 0.6) is 5.75 Å². The van der Waals surface area contributed by atoms with E-state index in [1.165, 1.54) is 0 Å². The van der Waals surface area contributed by atoms with Crippen LogP contribution >= 0.6 is 0 Å². The number of benzene rings is 2. The number of aliphatic hydroxyl groups excluding tert-OH is 1. The predicted octanol–water partition coefficient (Wildman–Crippen LogP) is 5.21. The molecule has 0 amide bonds. The first-order valence-corrected chi connectivity index (χ1v) is 11.0. The lowest BCUT2D eigenvalue weighted by atomic mass is 9.87. The molecule has 0 aliphatic rings. The van der Waals surface area contributed by atoms with Gasteiger partial charge in [0, 0.05) is 28.1 Å². The van der Waals surface area contributed by atoms with Crippen molar-refractivity contribution in [2.75, 3.05) is 0 Å². The molecule has 4 rings (SSSR count). The fourth-order valence-electron chi connectivity index (χ4n) is 4.38. The third kappa shape index (κ3) is 4.20. The highest BCUT2D eigenvalue weighted by Gasteiger charge is 2.32. The van der Waals surface area contributed by atoms with Crippen molar-refractivity contribution >= 4 is 27.8 Å². The van der Waals surface area contributed by atoms with Crippen molar-refractivity contribution in [1.82, 2.24) is 9.97 Å². The van der Waals surface area contributed by atoms with E-state index in [9.17, 15) is 20.1 Å². The maximum absolute atomic E-state index is 12.5. The van der Waals surface area contributed by atoms with E-state index in [4.69, 9.17) is 4.74 Å². The number of aryl methyl sites for hydroxylation is 2. The minimum absolute atomic E-state index is 0.101. The number of ether oxygens (including phenoxy) is 1. The summed E-state index contributed by atoms with van der Waals surface area (Å²) < 4.78 is 6.05. The van der Waals surface area contributed by atoms with Crippen LogP contribution in [0.1, 0.15) is 49.3 Å². The zero-order valence-corrected chi connectivity index (χ0v) is 19.9. The largest absolute Gasteiger partial charge is 0.507 e. The van der Waals surface area contributed by atoms with Gasteiger partial charge in [-0.2, -0.15) is 0 Å². The first-order chi connectivity index (χ1) is 16.0. The number of phenols is 1. The van der Waals surface area contributed by atoms with E-state index >= 15 is 0 Å². The second kappa shape index (κ2) is 8.66. The SMILES string of the molecule is Cc1cc2nc(CO)ccc2c(-c2ccc(O)c3c(C)ccnc23)c1[C@H](OC(C)(C)C)C(=O)O. The molecule has 2 heterocycles. The van der Waals surface area contributed by atoms with Crippen molar-refractivity contribution in [3.63, 3.8) is 0 Å². The molecule has 176 valence electrons. The van der Waals surface area contributed by atoms with Gasteiger partial charge in [0.05, 0.1) is 28.9 Å². The molecular formula is C27H28N2O5. The molecular weight excluding hydrogens is 432 g/mol. The highest BCUT2D eigenvalue weighted by atomic mass is 16.5. The van der Waals surface area contributed by atoms with Gasteiger partial charge in [0.2, 0.25) is 0 Å². The Bertz CT molecular complexity index is 1410. The van der Waals surface area contributed by atoms with Gasteiger partial charge in [-0.3, -0.25) is 9.97 Å². The van der Waals surface area contributed by atoms with Gasteiger partial charge >= 0.3 is 5.97 Å².